The average molecular weight is 216 g/mol. The fourth-order valence-corrected chi connectivity index (χ4v) is 0.894. The Bertz CT molecular complexity index is 229. The first-order chi connectivity index (χ1) is 6.84. The third-order valence-corrected chi connectivity index (χ3v) is 2.43. The van der Waals surface area contributed by atoms with E-state index in [9.17, 15) is 9.59 Å². The maximum Gasteiger partial charge on any atom is 0.323 e. The first kappa shape index (κ1) is 13.7. The Balaban J connectivity index is 3.88. The second-order valence-corrected chi connectivity index (χ2v) is 4.16. The summed E-state index contributed by atoms with van der Waals surface area (Å²) in [7, 11) is 1.46. The number of carboxylic acids is 1. The van der Waals surface area contributed by atoms with Gasteiger partial charge in [0.2, 0.25) is 0 Å². The van der Waals surface area contributed by atoms with Gasteiger partial charge in [-0.1, -0.05) is 20.8 Å². The number of urea groups is 1. The molecule has 0 aliphatic rings. The molecule has 0 aromatic carbocycles. The number of rotatable bonds is 5. The highest BCUT2D eigenvalue weighted by Gasteiger charge is 2.13. The lowest BCUT2D eigenvalue weighted by Crippen LogP contribution is -2.42. The average Bonchev–Trinajstić information content (AvgIpc) is 2.12. The van der Waals surface area contributed by atoms with Crippen molar-refractivity contribution in [2.24, 2.45) is 11.8 Å². The molecule has 0 aromatic rings. The van der Waals surface area contributed by atoms with E-state index in [2.05, 4.69) is 19.2 Å². The molecule has 0 rings (SSSR count). The number of carbonyl (C=O) groups is 2. The third kappa shape index (κ3) is 5.93. The Kier molecular flexibility index (Phi) is 5.74. The lowest BCUT2D eigenvalue weighted by atomic mass is 9.98. The van der Waals surface area contributed by atoms with Crippen LogP contribution in [-0.2, 0) is 4.79 Å². The smallest absolute Gasteiger partial charge is 0.323 e. The first-order valence-corrected chi connectivity index (χ1v) is 5.05. The minimum atomic E-state index is -1.01. The van der Waals surface area contributed by atoms with Crippen molar-refractivity contribution in [3.05, 3.63) is 0 Å². The molecule has 0 bridgehead atoms. The molecule has 0 aromatic heterocycles. The van der Waals surface area contributed by atoms with Gasteiger partial charge in [-0.3, -0.25) is 4.79 Å². The lowest BCUT2D eigenvalue weighted by Gasteiger charge is -2.19. The van der Waals surface area contributed by atoms with Crippen LogP contribution in [0, 0.1) is 11.8 Å². The van der Waals surface area contributed by atoms with Gasteiger partial charge < -0.3 is 15.3 Å². The number of hydrogen-bond donors (Lipinski definition) is 2. The summed E-state index contributed by atoms with van der Waals surface area (Å²) in [6, 6.07) is -0.343. The van der Waals surface area contributed by atoms with Crippen LogP contribution in [0.3, 0.4) is 0 Å². The fourth-order valence-electron chi connectivity index (χ4n) is 0.894. The van der Waals surface area contributed by atoms with Crippen LogP contribution in [0.5, 0.6) is 0 Å². The van der Waals surface area contributed by atoms with Crippen molar-refractivity contribution in [3.8, 4) is 0 Å². The number of likely N-dealkylation sites (N-methyl/N-ethyl adjacent to an activating group) is 1. The fraction of sp³-hybridized carbons (Fsp3) is 0.800. The van der Waals surface area contributed by atoms with Crippen LogP contribution in [0.15, 0.2) is 0 Å². The van der Waals surface area contributed by atoms with Crippen molar-refractivity contribution in [2.75, 3.05) is 20.1 Å². The molecule has 0 saturated heterocycles. The van der Waals surface area contributed by atoms with E-state index < -0.39 is 5.97 Å². The molecule has 1 unspecified atom stereocenters. The summed E-state index contributed by atoms with van der Waals surface area (Å²) < 4.78 is 0. The van der Waals surface area contributed by atoms with Gasteiger partial charge in [0.15, 0.2) is 0 Å². The summed E-state index contributed by atoms with van der Waals surface area (Å²) in [6.45, 7) is 6.50. The molecule has 0 heterocycles. The van der Waals surface area contributed by atoms with E-state index >= 15 is 0 Å². The predicted molar refractivity (Wildman–Crippen MR) is 57.7 cm³/mol. The Morgan fingerprint density at radius 1 is 1.33 bits per heavy atom. The van der Waals surface area contributed by atoms with Crippen LogP contribution >= 0.6 is 0 Å². The highest BCUT2D eigenvalue weighted by atomic mass is 16.4. The Hall–Kier alpha value is -1.26. The van der Waals surface area contributed by atoms with E-state index in [0.29, 0.717) is 18.4 Å². The van der Waals surface area contributed by atoms with Crippen molar-refractivity contribution in [1.29, 1.82) is 0 Å². The molecule has 5 heteroatoms. The highest BCUT2D eigenvalue weighted by molar-refractivity contribution is 5.79. The molecule has 15 heavy (non-hydrogen) atoms. The van der Waals surface area contributed by atoms with Crippen molar-refractivity contribution in [3.63, 3.8) is 0 Å². The van der Waals surface area contributed by atoms with Crippen LogP contribution in [0.25, 0.3) is 0 Å². The Labute approximate surface area is 90.5 Å². The molecule has 2 amide bonds. The zero-order valence-electron chi connectivity index (χ0n) is 9.78. The Morgan fingerprint density at radius 3 is 2.27 bits per heavy atom. The van der Waals surface area contributed by atoms with Crippen molar-refractivity contribution < 1.29 is 14.7 Å². The number of hydrogen-bond acceptors (Lipinski definition) is 2. The van der Waals surface area contributed by atoms with Gasteiger partial charge in [-0.2, -0.15) is 0 Å². The predicted octanol–water partition coefficient (Wildman–Crippen LogP) is 1.00. The number of aliphatic carboxylic acids is 1. The molecule has 1 atom stereocenters. The largest absolute Gasteiger partial charge is 0.480 e. The summed E-state index contributed by atoms with van der Waals surface area (Å²) in [6.07, 6.45) is 0. The van der Waals surface area contributed by atoms with E-state index in [1.165, 1.54) is 7.05 Å². The molecule has 0 saturated carbocycles. The van der Waals surface area contributed by atoms with Gasteiger partial charge in [0.25, 0.3) is 0 Å². The van der Waals surface area contributed by atoms with Gasteiger partial charge in [0, 0.05) is 13.6 Å². The topological polar surface area (TPSA) is 69.6 Å². The number of nitrogens with one attached hydrogen (secondary N) is 1. The molecule has 5 nitrogen and oxygen atoms in total. The lowest BCUT2D eigenvalue weighted by molar-refractivity contribution is -0.137. The summed E-state index contributed by atoms with van der Waals surface area (Å²) in [5.74, 6) is -0.133. The maximum atomic E-state index is 11.4. The molecular weight excluding hydrogens is 196 g/mol. The molecule has 0 aliphatic carbocycles. The molecule has 0 aliphatic heterocycles. The van der Waals surface area contributed by atoms with Crippen molar-refractivity contribution in [2.45, 2.75) is 20.8 Å². The van der Waals surface area contributed by atoms with E-state index in [1.54, 1.807) is 0 Å². The monoisotopic (exact) mass is 216 g/mol. The molecule has 88 valence electrons. The van der Waals surface area contributed by atoms with E-state index in [0.717, 1.165) is 4.90 Å². The van der Waals surface area contributed by atoms with Crippen molar-refractivity contribution in [1.82, 2.24) is 10.2 Å². The normalized spacial score (nSPS) is 12.3. The van der Waals surface area contributed by atoms with Crippen LogP contribution in [0.2, 0.25) is 0 Å². The molecular formula is C10H20N2O3. The summed E-state index contributed by atoms with van der Waals surface area (Å²) in [5.41, 5.74) is 0. The van der Waals surface area contributed by atoms with E-state index in [1.807, 2.05) is 6.92 Å². The zero-order valence-corrected chi connectivity index (χ0v) is 9.78. The summed E-state index contributed by atoms with van der Waals surface area (Å²) in [5, 5.41) is 11.2. The quantitative estimate of drug-likeness (QED) is 0.720. The second kappa shape index (κ2) is 6.27. The van der Waals surface area contributed by atoms with Crippen LogP contribution in [0.4, 0.5) is 4.79 Å². The number of carbonyl (C=O) groups excluding carboxylic acids is 1. The minimum Gasteiger partial charge on any atom is -0.480 e. The second-order valence-electron chi connectivity index (χ2n) is 4.16. The van der Waals surface area contributed by atoms with Crippen molar-refractivity contribution >= 4 is 12.0 Å². The van der Waals surface area contributed by atoms with Gasteiger partial charge in [0.05, 0.1) is 0 Å². The van der Waals surface area contributed by atoms with Crippen LogP contribution < -0.4 is 5.32 Å². The third-order valence-electron chi connectivity index (χ3n) is 2.43. The van der Waals surface area contributed by atoms with Gasteiger partial charge in [-0.05, 0) is 11.8 Å². The standard InChI is InChI=1S/C10H20N2O3/c1-7(2)8(3)5-11-10(15)12(4)6-9(13)14/h7-8H,5-6H2,1-4H3,(H,11,15)(H,13,14). The summed E-state index contributed by atoms with van der Waals surface area (Å²) >= 11 is 0. The van der Waals surface area contributed by atoms with Gasteiger partial charge in [0.1, 0.15) is 6.54 Å². The van der Waals surface area contributed by atoms with Gasteiger partial charge >= 0.3 is 12.0 Å². The van der Waals surface area contributed by atoms with Crippen LogP contribution in [-0.4, -0.2) is 42.1 Å². The first-order valence-electron chi connectivity index (χ1n) is 5.05. The Morgan fingerprint density at radius 2 is 1.87 bits per heavy atom. The number of carboxylic acid groups (broad SMARTS) is 1. The molecule has 0 radical (unpaired) electrons. The molecule has 0 fully saturated rings. The minimum absolute atomic E-state index is 0.276. The number of amides is 2. The molecule has 0 spiro atoms. The number of nitrogens with zero attached hydrogens (tertiary/aromatic N) is 1. The van der Waals surface area contributed by atoms with Gasteiger partial charge in [-0.25, -0.2) is 4.79 Å². The van der Waals surface area contributed by atoms with Gasteiger partial charge in [-0.15, -0.1) is 0 Å². The maximum absolute atomic E-state index is 11.4. The highest BCUT2D eigenvalue weighted by Crippen LogP contribution is 2.07. The van der Waals surface area contributed by atoms with E-state index in [-0.39, 0.29) is 12.6 Å². The zero-order chi connectivity index (χ0) is 12.0. The SMILES string of the molecule is CC(C)C(C)CNC(=O)N(C)CC(=O)O. The van der Waals surface area contributed by atoms with E-state index in [4.69, 9.17) is 5.11 Å². The molecule has 2 N–H and O–H groups in total. The van der Waals surface area contributed by atoms with Crippen LogP contribution in [0.1, 0.15) is 20.8 Å². The summed E-state index contributed by atoms with van der Waals surface area (Å²) in [4.78, 5) is 22.8.